The van der Waals surface area contributed by atoms with Gasteiger partial charge in [0.15, 0.2) is 0 Å². The van der Waals surface area contributed by atoms with Crippen LogP contribution in [-0.4, -0.2) is 6.04 Å². The molecule has 1 nitrogen and oxygen atoms in total. The first-order chi connectivity index (χ1) is 19.2. The van der Waals surface area contributed by atoms with E-state index in [2.05, 4.69) is 103 Å². The molecule has 224 valence electrons. The van der Waals surface area contributed by atoms with Crippen LogP contribution >= 0.6 is 0 Å². The first-order valence-electron chi connectivity index (χ1n) is 16.4. The number of benzene rings is 1. The van der Waals surface area contributed by atoms with Gasteiger partial charge in [-0.2, -0.15) is 0 Å². The molecule has 0 heterocycles. The first-order valence-corrected chi connectivity index (χ1v) is 16.4. The molecule has 2 N–H and O–H groups in total. The zero-order valence-corrected chi connectivity index (χ0v) is 27.0. The Labute approximate surface area is 249 Å². The molecule has 0 aliphatic rings. The molecule has 0 radical (unpaired) electrons. The zero-order valence-electron chi connectivity index (χ0n) is 27.0. The fourth-order valence-electron chi connectivity index (χ4n) is 6.07. The highest BCUT2D eigenvalue weighted by atomic mass is 14.6. The predicted molar refractivity (Wildman–Crippen MR) is 183 cm³/mol. The number of allylic oxidation sites excluding steroid dienone is 7. The van der Waals surface area contributed by atoms with Gasteiger partial charge in [0.1, 0.15) is 0 Å². The molecule has 1 rings (SSSR count). The maximum Gasteiger partial charge on any atom is 0.00445 e. The van der Waals surface area contributed by atoms with Gasteiger partial charge in [-0.25, -0.2) is 0 Å². The molecular formula is C39H63N. The van der Waals surface area contributed by atoms with Crippen molar-refractivity contribution in [3.8, 4) is 0 Å². The first kappa shape index (κ1) is 35.9. The second kappa shape index (κ2) is 21.6. The summed E-state index contributed by atoms with van der Waals surface area (Å²) >= 11 is 0. The number of nitrogens with two attached hydrogens (primary N) is 1. The van der Waals surface area contributed by atoms with Gasteiger partial charge in [0.05, 0.1) is 0 Å². The fraction of sp³-hybridized carbons (Fsp3) is 0.590. The molecule has 5 atom stereocenters. The highest BCUT2D eigenvalue weighted by Gasteiger charge is 2.14. The van der Waals surface area contributed by atoms with Crippen molar-refractivity contribution in [3.05, 3.63) is 91.1 Å². The summed E-state index contributed by atoms with van der Waals surface area (Å²) in [6.07, 6.45) is 26.5. The number of hydrogen-bond donors (Lipinski definition) is 1. The van der Waals surface area contributed by atoms with E-state index < -0.39 is 0 Å². The van der Waals surface area contributed by atoms with Gasteiger partial charge in [-0.3, -0.25) is 0 Å². The lowest BCUT2D eigenvalue weighted by atomic mass is 9.86. The largest absolute Gasteiger partial charge is 0.328 e. The summed E-state index contributed by atoms with van der Waals surface area (Å²) < 4.78 is 0. The van der Waals surface area contributed by atoms with Crippen LogP contribution in [0.3, 0.4) is 0 Å². The summed E-state index contributed by atoms with van der Waals surface area (Å²) in [4.78, 5) is 0. The minimum Gasteiger partial charge on any atom is -0.328 e. The van der Waals surface area contributed by atoms with Crippen LogP contribution in [-0.2, 0) is 6.42 Å². The van der Waals surface area contributed by atoms with Crippen LogP contribution in [0, 0.1) is 23.7 Å². The van der Waals surface area contributed by atoms with E-state index in [4.69, 9.17) is 5.73 Å². The molecule has 0 saturated carbocycles. The van der Waals surface area contributed by atoms with Gasteiger partial charge in [0.25, 0.3) is 0 Å². The Kier molecular flexibility index (Phi) is 19.4. The maximum atomic E-state index is 6.47. The fourth-order valence-corrected chi connectivity index (χ4v) is 6.07. The van der Waals surface area contributed by atoms with Crippen LogP contribution in [0.2, 0.25) is 0 Å². The maximum absolute atomic E-state index is 6.47. The Balaban J connectivity index is 2.38. The van der Waals surface area contributed by atoms with Gasteiger partial charge in [-0.1, -0.05) is 133 Å². The molecular weight excluding hydrogens is 482 g/mol. The van der Waals surface area contributed by atoms with Gasteiger partial charge < -0.3 is 5.73 Å². The molecule has 1 aromatic rings. The number of unbranched alkanes of at least 4 members (excludes halogenated alkanes) is 1. The molecule has 0 aromatic heterocycles. The van der Waals surface area contributed by atoms with Crippen molar-refractivity contribution in [1.29, 1.82) is 0 Å². The van der Waals surface area contributed by atoms with Crippen molar-refractivity contribution in [3.63, 3.8) is 0 Å². The lowest BCUT2D eigenvalue weighted by molar-refractivity contribution is 0.334. The molecule has 0 bridgehead atoms. The Hall–Kier alpha value is -2.12. The predicted octanol–water partition coefficient (Wildman–Crippen LogP) is 11.7. The second-order valence-corrected chi connectivity index (χ2v) is 12.4. The lowest BCUT2D eigenvalue weighted by Gasteiger charge is -2.21. The van der Waals surface area contributed by atoms with Crippen LogP contribution in [0.4, 0.5) is 0 Å². The number of rotatable bonds is 23. The Morgan fingerprint density at radius 3 is 2.35 bits per heavy atom. The topological polar surface area (TPSA) is 26.0 Å². The van der Waals surface area contributed by atoms with E-state index >= 15 is 0 Å². The average molecular weight is 546 g/mol. The van der Waals surface area contributed by atoms with E-state index in [-0.39, 0.29) is 0 Å². The average Bonchev–Trinajstić information content (AvgIpc) is 2.93. The van der Waals surface area contributed by atoms with Crippen molar-refractivity contribution in [1.82, 2.24) is 0 Å². The molecule has 1 aromatic carbocycles. The van der Waals surface area contributed by atoms with Crippen molar-refractivity contribution in [2.45, 2.75) is 124 Å². The summed E-state index contributed by atoms with van der Waals surface area (Å²) in [5.74, 6) is 2.55. The van der Waals surface area contributed by atoms with Gasteiger partial charge >= 0.3 is 0 Å². The summed E-state index contributed by atoms with van der Waals surface area (Å²) in [6, 6.07) is 9.01. The molecule has 0 aliphatic heterocycles. The summed E-state index contributed by atoms with van der Waals surface area (Å²) in [7, 11) is 0. The number of aryl methyl sites for hydroxylation is 1. The third-order valence-corrected chi connectivity index (χ3v) is 8.54. The highest BCUT2D eigenvalue weighted by Crippen LogP contribution is 2.30. The normalized spacial score (nSPS) is 15.7. The summed E-state index contributed by atoms with van der Waals surface area (Å²) in [5, 5.41) is 0. The van der Waals surface area contributed by atoms with Crippen molar-refractivity contribution in [2.24, 2.45) is 29.4 Å². The Morgan fingerprint density at radius 2 is 1.68 bits per heavy atom. The molecule has 40 heavy (non-hydrogen) atoms. The standard InChI is InChI=1S/C39H63N/c1-9-18-35(19-10-2)30-38(40)25-15-13-23-36(20-11-3)29-32(6)22-17-21-31(5)27-28-33(7)34(8)39-26-16-14-24-37(39)12-4/h9-10,14,16-17,19,21,24,26,32-33,35-36,38H,1,5,8,11-13,15,18,20,22-23,25,27-30,40H2,2-4,6-7H3. The molecule has 1 heteroatoms. The SMILES string of the molecule is C=CCC(C=CC)CC(N)CCCCC(CCC)CC(C)CC=CC(=C)CCC(C)C(=C)c1ccccc1CC. The smallest absolute Gasteiger partial charge is 0.00445 e. The Bertz CT molecular complexity index is 903. The molecule has 0 saturated heterocycles. The summed E-state index contributed by atoms with van der Waals surface area (Å²) in [6.45, 7) is 24.1. The minimum absolute atomic E-state index is 0.302. The van der Waals surface area contributed by atoms with Crippen LogP contribution < -0.4 is 5.73 Å². The molecule has 5 unspecified atom stereocenters. The summed E-state index contributed by atoms with van der Waals surface area (Å²) in [5.41, 5.74) is 11.7. The molecule has 0 fully saturated rings. The van der Waals surface area contributed by atoms with Crippen LogP contribution in [0.15, 0.2) is 80.0 Å². The van der Waals surface area contributed by atoms with Gasteiger partial charge in [-0.05, 0) is 98.7 Å². The monoisotopic (exact) mass is 545 g/mol. The Morgan fingerprint density at radius 1 is 0.950 bits per heavy atom. The highest BCUT2D eigenvalue weighted by molar-refractivity contribution is 5.67. The van der Waals surface area contributed by atoms with Crippen molar-refractivity contribution in [2.75, 3.05) is 0 Å². The van der Waals surface area contributed by atoms with E-state index in [0.29, 0.717) is 23.8 Å². The van der Waals surface area contributed by atoms with E-state index in [1.165, 1.54) is 60.8 Å². The van der Waals surface area contributed by atoms with E-state index in [1.54, 1.807) is 0 Å². The van der Waals surface area contributed by atoms with Gasteiger partial charge in [0, 0.05) is 6.04 Å². The van der Waals surface area contributed by atoms with Crippen molar-refractivity contribution < 1.29 is 0 Å². The van der Waals surface area contributed by atoms with Crippen LogP contribution in [0.5, 0.6) is 0 Å². The van der Waals surface area contributed by atoms with Gasteiger partial charge in [-0.15, -0.1) is 6.58 Å². The zero-order chi connectivity index (χ0) is 29.8. The van der Waals surface area contributed by atoms with Crippen molar-refractivity contribution >= 4 is 5.57 Å². The van der Waals surface area contributed by atoms with E-state index in [9.17, 15) is 0 Å². The van der Waals surface area contributed by atoms with Crippen LogP contribution in [0.25, 0.3) is 5.57 Å². The molecule has 0 spiro atoms. The quantitative estimate of drug-likeness (QED) is 0.0826. The third-order valence-electron chi connectivity index (χ3n) is 8.54. The van der Waals surface area contributed by atoms with E-state index in [0.717, 1.165) is 50.9 Å². The third kappa shape index (κ3) is 15.0. The molecule has 0 amide bonds. The van der Waals surface area contributed by atoms with Crippen LogP contribution in [0.1, 0.15) is 123 Å². The van der Waals surface area contributed by atoms with Gasteiger partial charge in [0.2, 0.25) is 0 Å². The lowest BCUT2D eigenvalue weighted by Crippen LogP contribution is -2.23. The molecule has 0 aliphatic carbocycles. The van der Waals surface area contributed by atoms with E-state index in [1.807, 2.05) is 6.08 Å². The number of hydrogen-bond acceptors (Lipinski definition) is 1. The minimum atomic E-state index is 0.302. The second-order valence-electron chi connectivity index (χ2n) is 12.4.